The summed E-state index contributed by atoms with van der Waals surface area (Å²) in [4.78, 5) is 29.1. The highest BCUT2D eigenvalue weighted by atomic mass is 16.2. The maximum atomic E-state index is 11.5. The number of rotatable bonds is 0. The standard InChI is InChI=1S/C7H9BN4O2/c1-11-3-4(9-6(11)8)12(2)7(14)10-5(3)13/h8H2,1-2H3,(H,10,13,14). The van der Waals surface area contributed by atoms with Gasteiger partial charge in [0, 0.05) is 14.1 Å². The van der Waals surface area contributed by atoms with Crippen LogP contribution in [0.25, 0.3) is 11.2 Å². The molecule has 0 saturated carbocycles. The lowest BCUT2D eigenvalue weighted by Gasteiger charge is -1.97. The minimum absolute atomic E-state index is 0.397. The van der Waals surface area contributed by atoms with E-state index in [2.05, 4.69) is 9.97 Å². The number of imidazole rings is 1. The Morgan fingerprint density at radius 2 is 1.93 bits per heavy atom. The van der Waals surface area contributed by atoms with Gasteiger partial charge in [-0.05, 0) is 0 Å². The molecule has 2 heterocycles. The Balaban J connectivity index is 3.18. The molecule has 72 valence electrons. The Morgan fingerprint density at radius 3 is 2.57 bits per heavy atom. The number of nitrogens with zero attached hydrogens (tertiary/aromatic N) is 3. The first-order chi connectivity index (χ1) is 6.52. The molecule has 0 fully saturated rings. The van der Waals surface area contributed by atoms with Crippen molar-refractivity contribution in [2.24, 2.45) is 14.1 Å². The lowest BCUT2D eigenvalue weighted by atomic mass is 10.1. The highest BCUT2D eigenvalue weighted by Crippen LogP contribution is 1.99. The molecule has 2 aromatic rings. The van der Waals surface area contributed by atoms with Crippen molar-refractivity contribution < 1.29 is 0 Å². The average molecular weight is 192 g/mol. The van der Waals surface area contributed by atoms with Crippen molar-refractivity contribution in [3.63, 3.8) is 0 Å². The van der Waals surface area contributed by atoms with E-state index in [1.165, 1.54) is 4.57 Å². The van der Waals surface area contributed by atoms with Crippen molar-refractivity contribution in [1.82, 2.24) is 19.1 Å². The van der Waals surface area contributed by atoms with E-state index in [1.54, 1.807) is 26.5 Å². The van der Waals surface area contributed by atoms with Crippen LogP contribution >= 0.6 is 0 Å². The van der Waals surface area contributed by atoms with Gasteiger partial charge in [0.05, 0.1) is 5.72 Å². The molecule has 2 rings (SSSR count). The van der Waals surface area contributed by atoms with Crippen molar-refractivity contribution in [3.8, 4) is 0 Å². The van der Waals surface area contributed by atoms with Gasteiger partial charge in [0.15, 0.2) is 19.0 Å². The number of hydrogen-bond donors (Lipinski definition) is 1. The summed E-state index contributed by atoms with van der Waals surface area (Å²) >= 11 is 0. The van der Waals surface area contributed by atoms with Gasteiger partial charge >= 0.3 is 5.69 Å². The maximum Gasteiger partial charge on any atom is 0.329 e. The van der Waals surface area contributed by atoms with Gasteiger partial charge in [-0.3, -0.25) is 14.3 Å². The van der Waals surface area contributed by atoms with Crippen LogP contribution in [-0.2, 0) is 14.1 Å². The van der Waals surface area contributed by atoms with Gasteiger partial charge in [-0.25, -0.2) is 9.78 Å². The van der Waals surface area contributed by atoms with Crippen LogP contribution in [0.1, 0.15) is 0 Å². The molecule has 0 aliphatic heterocycles. The quantitative estimate of drug-likeness (QED) is 0.459. The molecular weight excluding hydrogens is 183 g/mol. The molecule has 0 aliphatic carbocycles. The van der Waals surface area contributed by atoms with E-state index in [0.29, 0.717) is 16.9 Å². The zero-order chi connectivity index (χ0) is 10.5. The summed E-state index contributed by atoms with van der Waals surface area (Å²) in [6.45, 7) is 0. The van der Waals surface area contributed by atoms with Crippen LogP contribution in [0, 0.1) is 0 Å². The van der Waals surface area contributed by atoms with Crippen molar-refractivity contribution in [2.45, 2.75) is 0 Å². The van der Waals surface area contributed by atoms with Gasteiger partial charge in [0.25, 0.3) is 5.56 Å². The Morgan fingerprint density at radius 1 is 1.29 bits per heavy atom. The number of aryl methyl sites for hydroxylation is 2. The van der Waals surface area contributed by atoms with E-state index in [4.69, 9.17) is 0 Å². The molecule has 7 heteroatoms. The van der Waals surface area contributed by atoms with Gasteiger partial charge < -0.3 is 4.57 Å². The van der Waals surface area contributed by atoms with Gasteiger partial charge in [0.1, 0.15) is 0 Å². The van der Waals surface area contributed by atoms with E-state index < -0.39 is 11.2 Å². The first-order valence-corrected chi connectivity index (χ1v) is 4.14. The molecule has 6 nitrogen and oxygen atoms in total. The van der Waals surface area contributed by atoms with Crippen molar-refractivity contribution in [3.05, 3.63) is 20.8 Å². The van der Waals surface area contributed by atoms with E-state index in [0.717, 1.165) is 0 Å². The smallest absolute Gasteiger partial charge is 0.329 e. The minimum Gasteiger partial charge on any atom is -0.334 e. The molecule has 0 unspecified atom stereocenters. The third-order valence-electron chi connectivity index (χ3n) is 2.36. The fraction of sp³-hybridized carbons (Fsp3) is 0.286. The molecule has 0 aliphatic rings. The second kappa shape index (κ2) is 2.60. The topological polar surface area (TPSA) is 72.7 Å². The van der Waals surface area contributed by atoms with Crippen molar-refractivity contribution in [1.29, 1.82) is 0 Å². The summed E-state index contributed by atoms with van der Waals surface area (Å²) in [6, 6.07) is 0. The summed E-state index contributed by atoms with van der Waals surface area (Å²) < 4.78 is 2.98. The molecule has 0 saturated heterocycles. The van der Waals surface area contributed by atoms with Gasteiger partial charge in [-0.1, -0.05) is 0 Å². The minimum atomic E-state index is -0.444. The third-order valence-corrected chi connectivity index (χ3v) is 2.36. The van der Waals surface area contributed by atoms with Crippen molar-refractivity contribution >= 4 is 24.7 Å². The van der Waals surface area contributed by atoms with E-state index in [-0.39, 0.29) is 0 Å². The van der Waals surface area contributed by atoms with Gasteiger partial charge in [-0.15, -0.1) is 0 Å². The molecule has 0 bridgehead atoms. The molecule has 2 aromatic heterocycles. The normalized spacial score (nSPS) is 11.0. The second-order valence-corrected chi connectivity index (χ2v) is 3.21. The summed E-state index contributed by atoms with van der Waals surface area (Å²) in [5, 5.41) is 0. The molecule has 0 aromatic carbocycles. The maximum absolute atomic E-state index is 11.5. The van der Waals surface area contributed by atoms with Gasteiger partial charge in [-0.2, -0.15) is 0 Å². The highest BCUT2D eigenvalue weighted by Gasteiger charge is 2.11. The predicted octanol–water partition coefficient (Wildman–Crippen LogP) is -2.78. The van der Waals surface area contributed by atoms with Crippen LogP contribution in [0.3, 0.4) is 0 Å². The second-order valence-electron chi connectivity index (χ2n) is 3.21. The number of aromatic amines is 1. The van der Waals surface area contributed by atoms with E-state index in [1.807, 2.05) is 0 Å². The average Bonchev–Trinajstić information content (AvgIpc) is 2.40. The molecular formula is C7H9BN4O2. The summed E-state index contributed by atoms with van der Waals surface area (Å²) in [7, 11) is 5.10. The van der Waals surface area contributed by atoms with Crippen LogP contribution in [-0.4, -0.2) is 26.9 Å². The monoisotopic (exact) mass is 192 g/mol. The Hall–Kier alpha value is -1.79. The first kappa shape index (κ1) is 8.80. The summed E-state index contributed by atoms with van der Waals surface area (Å²) in [5.41, 5.74) is 0.696. The first-order valence-electron chi connectivity index (χ1n) is 4.14. The molecule has 1 N–H and O–H groups in total. The van der Waals surface area contributed by atoms with Crippen LogP contribution in [0.4, 0.5) is 0 Å². The number of H-pyrrole nitrogens is 1. The summed E-state index contributed by atoms with van der Waals surface area (Å²) in [5.74, 6) is 0. The molecule has 0 radical (unpaired) electrons. The number of aromatic nitrogens is 4. The molecule has 0 spiro atoms. The SMILES string of the molecule is Bc1nc2c(c(=O)[nH]c(=O)n2C)n1C. The number of fused-ring (bicyclic) bond motifs is 1. The number of nitrogens with one attached hydrogen (secondary N) is 1. The summed E-state index contributed by atoms with van der Waals surface area (Å²) in [6.07, 6.45) is 0. The molecule has 0 amide bonds. The Labute approximate surface area is 79.6 Å². The van der Waals surface area contributed by atoms with E-state index >= 15 is 0 Å². The third kappa shape index (κ3) is 0.950. The fourth-order valence-corrected chi connectivity index (χ4v) is 1.42. The predicted molar refractivity (Wildman–Crippen MR) is 54.8 cm³/mol. The zero-order valence-corrected chi connectivity index (χ0v) is 8.16. The largest absolute Gasteiger partial charge is 0.334 e. The van der Waals surface area contributed by atoms with Crippen molar-refractivity contribution in [2.75, 3.05) is 0 Å². The molecule has 14 heavy (non-hydrogen) atoms. The van der Waals surface area contributed by atoms with Crippen LogP contribution in [0.15, 0.2) is 9.59 Å². The Bertz CT molecular complexity index is 621. The zero-order valence-electron chi connectivity index (χ0n) is 8.16. The lowest BCUT2D eigenvalue weighted by molar-refractivity contribution is 0.829. The highest BCUT2D eigenvalue weighted by molar-refractivity contribution is 6.30. The van der Waals surface area contributed by atoms with Gasteiger partial charge in [0.2, 0.25) is 0 Å². The Kier molecular flexibility index (Phi) is 1.63. The molecule has 0 atom stereocenters. The van der Waals surface area contributed by atoms with Crippen LogP contribution < -0.4 is 17.0 Å². The fourth-order valence-electron chi connectivity index (χ4n) is 1.42. The van der Waals surface area contributed by atoms with Crippen LogP contribution in [0.2, 0.25) is 0 Å². The van der Waals surface area contributed by atoms with E-state index in [9.17, 15) is 9.59 Å². The lowest BCUT2D eigenvalue weighted by Crippen LogP contribution is -2.29. The number of hydrogen-bond acceptors (Lipinski definition) is 3. The van der Waals surface area contributed by atoms with Crippen LogP contribution in [0.5, 0.6) is 0 Å².